The van der Waals surface area contributed by atoms with Gasteiger partial charge in [-0.15, -0.1) is 0 Å². The maximum atomic E-state index is 12.3. The number of rotatable bonds is 3. The molecule has 1 heterocycles. The molecule has 0 aromatic rings. The molecule has 2 rings (SSSR count). The predicted molar refractivity (Wildman–Crippen MR) is 71.2 cm³/mol. The maximum Gasteiger partial charge on any atom is 0.225 e. The van der Waals surface area contributed by atoms with E-state index in [1.807, 2.05) is 11.9 Å². The monoisotopic (exact) mass is 254 g/mol. The Morgan fingerprint density at radius 1 is 1.22 bits per heavy atom. The lowest BCUT2D eigenvalue weighted by Gasteiger charge is -2.32. The Morgan fingerprint density at radius 3 is 2.56 bits per heavy atom. The number of amides is 1. The molecule has 1 aliphatic carbocycles. The van der Waals surface area contributed by atoms with E-state index in [2.05, 4.69) is 0 Å². The number of ether oxygens (including phenoxy) is 1. The second kappa shape index (κ2) is 6.53. The molecule has 2 N–H and O–H groups in total. The minimum atomic E-state index is 0.193. The summed E-state index contributed by atoms with van der Waals surface area (Å²) in [6.45, 7) is 1.60. The molecule has 2 fully saturated rings. The number of hydrogen-bond donors (Lipinski definition) is 1. The molecule has 18 heavy (non-hydrogen) atoms. The van der Waals surface area contributed by atoms with Crippen LogP contribution in [0, 0.1) is 5.92 Å². The van der Waals surface area contributed by atoms with Crippen LogP contribution in [0.2, 0.25) is 0 Å². The van der Waals surface area contributed by atoms with Crippen LogP contribution in [0.5, 0.6) is 0 Å². The van der Waals surface area contributed by atoms with Crippen LogP contribution in [-0.4, -0.2) is 43.2 Å². The summed E-state index contributed by atoms with van der Waals surface area (Å²) in [6.07, 6.45) is 7.62. The first kappa shape index (κ1) is 13.8. The average molecular weight is 254 g/mol. The van der Waals surface area contributed by atoms with E-state index in [4.69, 9.17) is 10.5 Å². The lowest BCUT2D eigenvalue weighted by Crippen LogP contribution is -2.42. The van der Waals surface area contributed by atoms with Gasteiger partial charge in [-0.3, -0.25) is 4.79 Å². The highest BCUT2D eigenvalue weighted by Crippen LogP contribution is 2.25. The highest BCUT2D eigenvalue weighted by atomic mass is 16.5. The SMILES string of the molecule is CN(CC1CCCCO1)C(=O)C1CCC(N)CC1. The summed E-state index contributed by atoms with van der Waals surface area (Å²) in [6, 6.07) is 0.307. The summed E-state index contributed by atoms with van der Waals surface area (Å²) in [7, 11) is 1.91. The lowest BCUT2D eigenvalue weighted by atomic mass is 9.85. The first-order valence-electron chi connectivity index (χ1n) is 7.29. The van der Waals surface area contributed by atoms with Crippen LogP contribution >= 0.6 is 0 Å². The van der Waals surface area contributed by atoms with Crippen LogP contribution in [0.3, 0.4) is 0 Å². The van der Waals surface area contributed by atoms with Gasteiger partial charge in [-0.1, -0.05) is 0 Å². The fourth-order valence-corrected chi connectivity index (χ4v) is 3.02. The van der Waals surface area contributed by atoms with E-state index in [-0.39, 0.29) is 17.9 Å². The van der Waals surface area contributed by atoms with Crippen LogP contribution in [0.15, 0.2) is 0 Å². The molecule has 1 saturated carbocycles. The third-order valence-corrected chi connectivity index (χ3v) is 4.25. The van der Waals surface area contributed by atoms with Crippen molar-refractivity contribution >= 4 is 5.91 Å². The summed E-state index contributed by atoms with van der Waals surface area (Å²) >= 11 is 0. The Kier molecular flexibility index (Phi) is 5.01. The molecular formula is C14H26N2O2. The molecule has 4 heteroatoms. The van der Waals surface area contributed by atoms with Gasteiger partial charge in [0.1, 0.15) is 0 Å². The van der Waals surface area contributed by atoms with Crippen LogP contribution in [0.25, 0.3) is 0 Å². The van der Waals surface area contributed by atoms with Crippen molar-refractivity contribution in [3.05, 3.63) is 0 Å². The van der Waals surface area contributed by atoms with E-state index in [0.717, 1.165) is 51.7 Å². The van der Waals surface area contributed by atoms with Gasteiger partial charge in [0.2, 0.25) is 5.91 Å². The standard InChI is InChI=1S/C14H26N2O2/c1-16(10-13-4-2-3-9-18-13)14(17)11-5-7-12(15)8-6-11/h11-13H,2-10,15H2,1H3. The molecule has 1 unspecified atom stereocenters. The van der Waals surface area contributed by atoms with Crippen molar-refractivity contribution in [2.45, 2.75) is 57.1 Å². The van der Waals surface area contributed by atoms with Crippen LogP contribution in [0.4, 0.5) is 0 Å². The summed E-state index contributed by atoms with van der Waals surface area (Å²) in [5.74, 6) is 0.481. The van der Waals surface area contributed by atoms with E-state index in [0.29, 0.717) is 6.04 Å². The molecule has 0 radical (unpaired) electrons. The molecule has 0 spiro atoms. The van der Waals surface area contributed by atoms with Gasteiger partial charge in [-0.05, 0) is 44.9 Å². The molecule has 0 bridgehead atoms. The van der Waals surface area contributed by atoms with Gasteiger partial charge in [0.15, 0.2) is 0 Å². The van der Waals surface area contributed by atoms with Crippen molar-refractivity contribution in [3.63, 3.8) is 0 Å². The molecule has 104 valence electrons. The zero-order chi connectivity index (χ0) is 13.0. The molecule has 1 amide bonds. The predicted octanol–water partition coefficient (Wildman–Crippen LogP) is 1.53. The summed E-state index contributed by atoms with van der Waals surface area (Å²) in [4.78, 5) is 14.2. The first-order valence-corrected chi connectivity index (χ1v) is 7.29. The minimum absolute atomic E-state index is 0.193. The molecular weight excluding hydrogens is 228 g/mol. The van der Waals surface area contributed by atoms with E-state index in [9.17, 15) is 4.79 Å². The van der Waals surface area contributed by atoms with Gasteiger partial charge < -0.3 is 15.4 Å². The molecule has 2 aliphatic rings. The second-order valence-corrected chi connectivity index (χ2v) is 5.82. The normalized spacial score (nSPS) is 33.1. The molecule has 1 aliphatic heterocycles. The molecule has 0 aromatic carbocycles. The van der Waals surface area contributed by atoms with Gasteiger partial charge in [0.05, 0.1) is 6.10 Å². The highest BCUT2D eigenvalue weighted by Gasteiger charge is 2.28. The van der Waals surface area contributed by atoms with Crippen LogP contribution in [-0.2, 0) is 9.53 Å². The number of nitrogens with zero attached hydrogens (tertiary/aromatic N) is 1. The second-order valence-electron chi connectivity index (χ2n) is 5.82. The van der Waals surface area contributed by atoms with Crippen LogP contribution < -0.4 is 5.73 Å². The van der Waals surface area contributed by atoms with Crippen molar-refractivity contribution in [2.24, 2.45) is 11.7 Å². The van der Waals surface area contributed by atoms with Crippen molar-refractivity contribution in [1.29, 1.82) is 0 Å². The van der Waals surface area contributed by atoms with Crippen molar-refractivity contribution in [1.82, 2.24) is 4.90 Å². The fourth-order valence-electron chi connectivity index (χ4n) is 3.02. The number of carbonyl (C=O) groups excluding carboxylic acids is 1. The first-order chi connectivity index (χ1) is 8.66. The zero-order valence-corrected chi connectivity index (χ0v) is 11.4. The van der Waals surface area contributed by atoms with Crippen molar-refractivity contribution in [2.75, 3.05) is 20.2 Å². The maximum absolute atomic E-state index is 12.3. The molecule has 1 atom stereocenters. The van der Waals surface area contributed by atoms with Crippen LogP contribution in [0.1, 0.15) is 44.9 Å². The minimum Gasteiger partial charge on any atom is -0.376 e. The van der Waals surface area contributed by atoms with Gasteiger partial charge in [-0.25, -0.2) is 0 Å². The number of likely N-dealkylation sites (N-methyl/N-ethyl adjacent to an activating group) is 1. The topological polar surface area (TPSA) is 55.6 Å². The summed E-state index contributed by atoms with van der Waals surface area (Å²) in [5.41, 5.74) is 5.88. The highest BCUT2D eigenvalue weighted by molar-refractivity contribution is 5.78. The van der Waals surface area contributed by atoms with Gasteiger partial charge >= 0.3 is 0 Å². The third-order valence-electron chi connectivity index (χ3n) is 4.25. The molecule has 4 nitrogen and oxygen atoms in total. The molecule has 1 saturated heterocycles. The largest absolute Gasteiger partial charge is 0.376 e. The number of hydrogen-bond acceptors (Lipinski definition) is 3. The zero-order valence-electron chi connectivity index (χ0n) is 11.4. The Morgan fingerprint density at radius 2 is 1.94 bits per heavy atom. The number of carbonyl (C=O) groups is 1. The van der Waals surface area contributed by atoms with E-state index < -0.39 is 0 Å². The van der Waals surface area contributed by atoms with Gasteiger partial charge in [0, 0.05) is 32.2 Å². The Balaban J connectivity index is 1.77. The number of nitrogens with two attached hydrogens (primary N) is 1. The van der Waals surface area contributed by atoms with Gasteiger partial charge in [-0.2, -0.15) is 0 Å². The van der Waals surface area contributed by atoms with E-state index in [1.165, 1.54) is 6.42 Å². The summed E-state index contributed by atoms with van der Waals surface area (Å²) < 4.78 is 5.69. The quantitative estimate of drug-likeness (QED) is 0.831. The lowest BCUT2D eigenvalue weighted by molar-refractivity contribution is -0.137. The van der Waals surface area contributed by atoms with Crippen molar-refractivity contribution < 1.29 is 9.53 Å². The Hall–Kier alpha value is -0.610. The Bertz CT molecular complexity index is 269. The molecule has 0 aromatic heterocycles. The fraction of sp³-hybridized carbons (Fsp3) is 0.929. The van der Waals surface area contributed by atoms with Gasteiger partial charge in [0.25, 0.3) is 0 Å². The summed E-state index contributed by atoms with van der Waals surface area (Å²) in [5, 5.41) is 0. The van der Waals surface area contributed by atoms with Crippen molar-refractivity contribution in [3.8, 4) is 0 Å². The van der Waals surface area contributed by atoms with E-state index in [1.54, 1.807) is 0 Å². The van der Waals surface area contributed by atoms with E-state index >= 15 is 0 Å². The average Bonchev–Trinajstić information content (AvgIpc) is 2.40. The smallest absolute Gasteiger partial charge is 0.225 e. The Labute approximate surface area is 110 Å². The third kappa shape index (κ3) is 3.69.